The second kappa shape index (κ2) is 3.89. The first-order chi connectivity index (χ1) is 7.56. The number of aldehydes is 1. The zero-order valence-electron chi connectivity index (χ0n) is 9.66. The van der Waals surface area contributed by atoms with E-state index in [4.69, 9.17) is 0 Å². The third-order valence-corrected chi connectivity index (χ3v) is 3.34. The number of nitrogens with zero attached hydrogens (tertiary/aromatic N) is 1. The first kappa shape index (κ1) is 11.1. The Bertz CT molecular complexity index is 414. The topological polar surface area (TPSA) is 20.3 Å². The molecule has 1 aliphatic heterocycles. The quantitative estimate of drug-likeness (QED) is 0.715. The molecular formula is C13H16FNO. The summed E-state index contributed by atoms with van der Waals surface area (Å²) < 4.78 is 13.5. The van der Waals surface area contributed by atoms with E-state index in [0.29, 0.717) is 6.29 Å². The SMILES string of the molecule is CC1(C)CCCN1c1cccc(F)c1C=O. The summed E-state index contributed by atoms with van der Waals surface area (Å²) >= 11 is 0. The second-order valence-corrected chi connectivity index (χ2v) is 4.86. The Hall–Kier alpha value is -1.38. The minimum atomic E-state index is -0.435. The van der Waals surface area contributed by atoms with E-state index in [0.717, 1.165) is 25.1 Å². The van der Waals surface area contributed by atoms with Gasteiger partial charge >= 0.3 is 0 Å². The highest BCUT2D eigenvalue weighted by Gasteiger charge is 2.33. The van der Waals surface area contributed by atoms with Crippen LogP contribution >= 0.6 is 0 Å². The number of benzene rings is 1. The van der Waals surface area contributed by atoms with Gasteiger partial charge in [0, 0.05) is 12.1 Å². The van der Waals surface area contributed by atoms with Gasteiger partial charge in [-0.3, -0.25) is 4.79 Å². The molecule has 1 fully saturated rings. The van der Waals surface area contributed by atoms with Crippen LogP contribution in [0, 0.1) is 5.82 Å². The van der Waals surface area contributed by atoms with Crippen LogP contribution < -0.4 is 4.90 Å². The number of halogens is 1. The summed E-state index contributed by atoms with van der Waals surface area (Å²) in [4.78, 5) is 13.1. The van der Waals surface area contributed by atoms with Gasteiger partial charge in [-0.2, -0.15) is 0 Å². The van der Waals surface area contributed by atoms with Gasteiger partial charge in [-0.1, -0.05) is 6.07 Å². The van der Waals surface area contributed by atoms with E-state index in [9.17, 15) is 9.18 Å². The Labute approximate surface area is 95.1 Å². The lowest BCUT2D eigenvalue weighted by Gasteiger charge is -2.34. The summed E-state index contributed by atoms with van der Waals surface area (Å²) in [7, 11) is 0. The van der Waals surface area contributed by atoms with Crippen molar-refractivity contribution in [2.45, 2.75) is 32.2 Å². The predicted octanol–water partition coefficient (Wildman–Crippen LogP) is 3.02. The van der Waals surface area contributed by atoms with Gasteiger partial charge in [0.15, 0.2) is 6.29 Å². The molecule has 0 aliphatic carbocycles. The summed E-state index contributed by atoms with van der Waals surface area (Å²) in [5.74, 6) is -0.435. The monoisotopic (exact) mass is 221 g/mol. The van der Waals surface area contributed by atoms with E-state index in [1.807, 2.05) is 6.07 Å². The number of hydrogen-bond donors (Lipinski definition) is 0. The lowest BCUT2D eigenvalue weighted by molar-refractivity contribution is 0.112. The van der Waals surface area contributed by atoms with Gasteiger partial charge in [-0.25, -0.2) is 4.39 Å². The average Bonchev–Trinajstić information content (AvgIpc) is 2.57. The Morgan fingerprint density at radius 1 is 1.44 bits per heavy atom. The van der Waals surface area contributed by atoms with Crippen LogP contribution in [0.3, 0.4) is 0 Å². The minimum Gasteiger partial charge on any atom is -0.366 e. The van der Waals surface area contributed by atoms with Crippen LogP contribution in [0.5, 0.6) is 0 Å². The molecule has 1 heterocycles. The number of hydrogen-bond acceptors (Lipinski definition) is 2. The van der Waals surface area contributed by atoms with Gasteiger partial charge in [0.05, 0.1) is 11.3 Å². The number of carbonyl (C=O) groups is 1. The largest absolute Gasteiger partial charge is 0.366 e. The molecule has 0 radical (unpaired) electrons. The highest BCUT2D eigenvalue weighted by molar-refractivity contribution is 5.85. The third kappa shape index (κ3) is 1.70. The van der Waals surface area contributed by atoms with Crippen molar-refractivity contribution in [2.24, 2.45) is 0 Å². The van der Waals surface area contributed by atoms with E-state index in [1.54, 1.807) is 6.07 Å². The summed E-state index contributed by atoms with van der Waals surface area (Å²) in [6.45, 7) is 5.14. The molecule has 0 spiro atoms. The van der Waals surface area contributed by atoms with Crippen molar-refractivity contribution in [1.82, 2.24) is 0 Å². The van der Waals surface area contributed by atoms with Crippen LogP contribution in [0.25, 0.3) is 0 Å². The van der Waals surface area contributed by atoms with Gasteiger partial charge in [-0.05, 0) is 38.8 Å². The lowest BCUT2D eigenvalue weighted by atomic mass is 10.0. The molecule has 86 valence electrons. The van der Waals surface area contributed by atoms with Crippen molar-refractivity contribution in [1.29, 1.82) is 0 Å². The normalized spacial score (nSPS) is 18.8. The molecule has 16 heavy (non-hydrogen) atoms. The zero-order valence-corrected chi connectivity index (χ0v) is 9.66. The molecule has 0 amide bonds. The van der Waals surface area contributed by atoms with Gasteiger partial charge in [0.1, 0.15) is 5.82 Å². The van der Waals surface area contributed by atoms with E-state index in [-0.39, 0.29) is 11.1 Å². The second-order valence-electron chi connectivity index (χ2n) is 4.86. The summed E-state index contributed by atoms with van der Waals surface area (Å²) in [5.41, 5.74) is 0.904. The summed E-state index contributed by atoms with van der Waals surface area (Å²) in [5, 5.41) is 0. The van der Waals surface area contributed by atoms with Crippen LogP contribution in [0.15, 0.2) is 18.2 Å². The first-order valence-corrected chi connectivity index (χ1v) is 5.57. The lowest BCUT2D eigenvalue weighted by Crippen LogP contribution is -2.38. The molecule has 0 aromatic heterocycles. The molecule has 3 heteroatoms. The standard InChI is InChI=1S/C13H16FNO/c1-13(2)7-4-8-15(13)12-6-3-5-11(14)10(12)9-16/h3,5-6,9H,4,7-8H2,1-2H3. The Kier molecular flexibility index (Phi) is 2.70. The van der Waals surface area contributed by atoms with Crippen molar-refractivity contribution in [3.63, 3.8) is 0 Å². The van der Waals surface area contributed by atoms with Crippen LogP contribution in [-0.2, 0) is 0 Å². The molecule has 0 unspecified atom stereocenters. The zero-order chi connectivity index (χ0) is 11.8. The molecule has 1 aromatic carbocycles. The molecule has 2 rings (SSSR count). The van der Waals surface area contributed by atoms with Crippen molar-refractivity contribution >= 4 is 12.0 Å². The van der Waals surface area contributed by atoms with Crippen LogP contribution in [-0.4, -0.2) is 18.4 Å². The third-order valence-electron chi connectivity index (χ3n) is 3.34. The Balaban J connectivity index is 2.48. The molecule has 0 N–H and O–H groups in total. The maximum absolute atomic E-state index is 13.5. The predicted molar refractivity (Wildman–Crippen MR) is 62.4 cm³/mol. The van der Waals surface area contributed by atoms with Crippen LogP contribution in [0.1, 0.15) is 37.0 Å². The van der Waals surface area contributed by atoms with Gasteiger partial charge < -0.3 is 4.90 Å². The molecule has 1 aromatic rings. The Morgan fingerprint density at radius 2 is 2.19 bits per heavy atom. The maximum Gasteiger partial charge on any atom is 0.155 e. The fourth-order valence-electron chi connectivity index (χ4n) is 2.43. The fourth-order valence-corrected chi connectivity index (χ4v) is 2.43. The van der Waals surface area contributed by atoms with Crippen LogP contribution in [0.2, 0.25) is 0 Å². The van der Waals surface area contributed by atoms with Crippen molar-refractivity contribution in [3.8, 4) is 0 Å². The van der Waals surface area contributed by atoms with E-state index >= 15 is 0 Å². The van der Waals surface area contributed by atoms with Crippen molar-refractivity contribution in [3.05, 3.63) is 29.6 Å². The number of carbonyl (C=O) groups excluding carboxylic acids is 1. The first-order valence-electron chi connectivity index (χ1n) is 5.57. The summed E-state index contributed by atoms with van der Waals surface area (Å²) in [6, 6.07) is 4.81. The molecule has 1 aliphatic rings. The summed E-state index contributed by atoms with van der Waals surface area (Å²) in [6.07, 6.45) is 2.77. The molecule has 1 saturated heterocycles. The average molecular weight is 221 g/mol. The molecule has 0 saturated carbocycles. The van der Waals surface area contributed by atoms with E-state index in [1.165, 1.54) is 6.07 Å². The fraction of sp³-hybridized carbons (Fsp3) is 0.462. The molecule has 0 bridgehead atoms. The van der Waals surface area contributed by atoms with Gasteiger partial charge in [0.2, 0.25) is 0 Å². The Morgan fingerprint density at radius 3 is 2.75 bits per heavy atom. The van der Waals surface area contributed by atoms with Gasteiger partial charge in [-0.15, -0.1) is 0 Å². The highest BCUT2D eigenvalue weighted by atomic mass is 19.1. The van der Waals surface area contributed by atoms with Crippen molar-refractivity contribution in [2.75, 3.05) is 11.4 Å². The number of anilines is 1. The maximum atomic E-state index is 13.5. The van der Waals surface area contributed by atoms with E-state index in [2.05, 4.69) is 18.7 Å². The molecule has 2 nitrogen and oxygen atoms in total. The van der Waals surface area contributed by atoms with Crippen LogP contribution in [0.4, 0.5) is 10.1 Å². The molecular weight excluding hydrogens is 205 g/mol. The molecule has 0 atom stereocenters. The van der Waals surface area contributed by atoms with Crippen molar-refractivity contribution < 1.29 is 9.18 Å². The smallest absolute Gasteiger partial charge is 0.155 e. The minimum absolute atomic E-state index is 0.00551. The highest BCUT2D eigenvalue weighted by Crippen LogP contribution is 2.35. The van der Waals surface area contributed by atoms with E-state index < -0.39 is 5.82 Å². The van der Waals surface area contributed by atoms with Gasteiger partial charge in [0.25, 0.3) is 0 Å². The number of rotatable bonds is 2.